The van der Waals surface area contributed by atoms with Gasteiger partial charge in [-0.15, -0.1) is 11.3 Å². The third kappa shape index (κ3) is 7.55. The van der Waals surface area contributed by atoms with Gasteiger partial charge in [0.15, 0.2) is 0 Å². The van der Waals surface area contributed by atoms with Crippen LogP contribution in [0.2, 0.25) is 0 Å². The summed E-state index contributed by atoms with van der Waals surface area (Å²) in [4.78, 5) is 12.2. The molecule has 0 fully saturated rings. The van der Waals surface area contributed by atoms with E-state index < -0.39 is 23.9 Å². The van der Waals surface area contributed by atoms with Crippen LogP contribution in [-0.2, 0) is 22.1 Å². The minimum Gasteiger partial charge on any atom is -0.493 e. The Hall–Kier alpha value is -2.88. The number of hydrogen-bond acceptors (Lipinski definition) is 6. The molecule has 2 atom stereocenters. The van der Waals surface area contributed by atoms with Crippen LogP contribution in [0.4, 0.5) is 13.2 Å². The monoisotopic (exact) mass is 508 g/mol. The number of aliphatic hydroxyl groups is 2. The van der Waals surface area contributed by atoms with E-state index in [1.54, 1.807) is 17.4 Å². The molecule has 1 aromatic heterocycles. The molecule has 3 rings (SSSR count). The lowest BCUT2D eigenvalue weighted by molar-refractivity contribution is -0.141. The average molecular weight is 509 g/mol. The Morgan fingerprint density at radius 2 is 1.83 bits per heavy atom. The number of alkyl halides is 3. The maximum Gasteiger partial charge on any atom is 0.416 e. The van der Waals surface area contributed by atoms with Gasteiger partial charge in [-0.05, 0) is 54.1 Å². The number of fused-ring (bicyclic) bond motifs is 1. The van der Waals surface area contributed by atoms with Crippen molar-refractivity contribution in [2.75, 3.05) is 13.7 Å². The number of halogens is 3. The Labute approximate surface area is 205 Å². The van der Waals surface area contributed by atoms with Gasteiger partial charge in [-0.1, -0.05) is 30.4 Å². The van der Waals surface area contributed by atoms with Crippen LogP contribution in [0.15, 0.2) is 54.6 Å². The Balaban J connectivity index is 1.65. The summed E-state index contributed by atoms with van der Waals surface area (Å²) in [7, 11) is 1.30. The minimum absolute atomic E-state index is 0.169. The predicted octanol–water partition coefficient (Wildman–Crippen LogP) is 5.62. The van der Waals surface area contributed by atoms with Crippen molar-refractivity contribution in [2.24, 2.45) is 0 Å². The van der Waals surface area contributed by atoms with E-state index in [1.807, 2.05) is 24.3 Å². The molecule has 0 aliphatic rings. The predicted molar refractivity (Wildman–Crippen MR) is 129 cm³/mol. The smallest absolute Gasteiger partial charge is 0.416 e. The van der Waals surface area contributed by atoms with Crippen molar-refractivity contribution in [1.82, 2.24) is 0 Å². The fraction of sp³-hybridized carbons (Fsp3) is 0.346. The molecule has 0 saturated heterocycles. The SMILES string of the molecule is COC(=O)CCC[C@H](O)C(O)/C=C/c1c(CCOc2ccc(C(F)(F)F)cc2)sc2ccccc12. The van der Waals surface area contributed by atoms with E-state index in [-0.39, 0.29) is 25.4 Å². The Bertz CT molecular complexity index is 1140. The third-order valence-corrected chi connectivity index (χ3v) is 6.70. The Morgan fingerprint density at radius 1 is 1.11 bits per heavy atom. The van der Waals surface area contributed by atoms with E-state index in [9.17, 15) is 28.2 Å². The highest BCUT2D eigenvalue weighted by Gasteiger charge is 2.30. The van der Waals surface area contributed by atoms with Gasteiger partial charge in [0.25, 0.3) is 0 Å². The number of methoxy groups -OCH3 is 1. The molecule has 0 spiro atoms. The Kier molecular flexibility index (Phi) is 9.31. The minimum atomic E-state index is -4.39. The fourth-order valence-electron chi connectivity index (χ4n) is 3.54. The molecule has 188 valence electrons. The van der Waals surface area contributed by atoms with Gasteiger partial charge in [0.05, 0.1) is 31.5 Å². The molecule has 2 N–H and O–H groups in total. The van der Waals surface area contributed by atoms with E-state index in [4.69, 9.17) is 4.74 Å². The molecule has 2 aromatic carbocycles. The summed E-state index contributed by atoms with van der Waals surface area (Å²) in [5, 5.41) is 21.6. The largest absolute Gasteiger partial charge is 0.493 e. The molecule has 1 heterocycles. The van der Waals surface area contributed by atoms with E-state index in [0.29, 0.717) is 18.6 Å². The van der Waals surface area contributed by atoms with E-state index in [0.717, 1.165) is 32.7 Å². The van der Waals surface area contributed by atoms with Gasteiger partial charge < -0.3 is 19.7 Å². The molecular formula is C26H27F3O5S. The summed E-state index contributed by atoms with van der Waals surface area (Å²) in [5.74, 6) is -0.0168. The first kappa shape index (κ1) is 26.7. The summed E-state index contributed by atoms with van der Waals surface area (Å²) in [6, 6.07) is 12.4. The summed E-state index contributed by atoms with van der Waals surface area (Å²) >= 11 is 1.57. The molecule has 0 saturated carbocycles. The first-order chi connectivity index (χ1) is 16.7. The molecule has 0 radical (unpaired) electrons. The summed E-state index contributed by atoms with van der Waals surface area (Å²) in [5.41, 5.74) is 0.162. The average Bonchev–Trinajstić information content (AvgIpc) is 3.19. The highest BCUT2D eigenvalue weighted by Crippen LogP contribution is 2.33. The highest BCUT2D eigenvalue weighted by atomic mass is 32.1. The second kappa shape index (κ2) is 12.2. The van der Waals surface area contributed by atoms with Crippen LogP contribution in [0.5, 0.6) is 5.75 Å². The van der Waals surface area contributed by atoms with Gasteiger partial charge in [0.1, 0.15) is 5.75 Å². The zero-order valence-corrected chi connectivity index (χ0v) is 19.9. The number of carbonyl (C=O) groups excluding carboxylic acids is 1. The van der Waals surface area contributed by atoms with Crippen LogP contribution in [0.1, 0.15) is 35.3 Å². The molecule has 0 aliphatic carbocycles. The van der Waals surface area contributed by atoms with Crippen molar-refractivity contribution in [3.8, 4) is 5.75 Å². The lowest BCUT2D eigenvalue weighted by Gasteiger charge is -2.14. The number of ether oxygens (including phenoxy) is 2. The lowest BCUT2D eigenvalue weighted by atomic mass is 10.0. The molecular weight excluding hydrogens is 481 g/mol. The summed E-state index contributed by atoms with van der Waals surface area (Å²) in [6.07, 6.45) is -1.91. The number of thiophene rings is 1. The maximum absolute atomic E-state index is 12.7. The van der Waals surface area contributed by atoms with Gasteiger partial charge >= 0.3 is 12.1 Å². The third-order valence-electron chi connectivity index (χ3n) is 5.45. The standard InChI is InChI=1S/C26H27F3O5S/c1-33-25(32)8-4-6-21(30)22(31)14-13-20-19-5-2-3-7-23(19)35-24(20)15-16-34-18-11-9-17(10-12-18)26(27,28)29/h2-3,5,7,9-14,21-22,30-31H,4,6,8,15-16H2,1H3/b14-13+/t21-,22?/m0/s1. The molecule has 5 nitrogen and oxygen atoms in total. The number of aliphatic hydroxyl groups excluding tert-OH is 2. The molecule has 3 aromatic rings. The molecule has 9 heteroatoms. The van der Waals surface area contributed by atoms with Crippen LogP contribution in [-0.4, -0.2) is 42.1 Å². The van der Waals surface area contributed by atoms with Crippen molar-refractivity contribution in [2.45, 2.75) is 44.1 Å². The number of hydrogen-bond donors (Lipinski definition) is 2. The van der Waals surface area contributed by atoms with Gasteiger partial charge in [-0.2, -0.15) is 13.2 Å². The molecule has 0 amide bonds. The number of benzene rings is 2. The van der Waals surface area contributed by atoms with E-state index >= 15 is 0 Å². The second-order valence-corrected chi connectivity index (χ2v) is 9.08. The zero-order valence-electron chi connectivity index (χ0n) is 19.1. The summed E-state index contributed by atoms with van der Waals surface area (Å²) in [6.45, 7) is 0.262. The number of esters is 1. The molecule has 1 unspecified atom stereocenters. The van der Waals surface area contributed by atoms with Crippen LogP contribution in [0.25, 0.3) is 16.2 Å². The fourth-order valence-corrected chi connectivity index (χ4v) is 4.71. The van der Waals surface area contributed by atoms with Crippen molar-refractivity contribution in [3.05, 3.63) is 70.6 Å². The summed E-state index contributed by atoms with van der Waals surface area (Å²) < 4.78 is 49.5. The van der Waals surface area contributed by atoms with Crippen LogP contribution in [0, 0.1) is 0 Å². The van der Waals surface area contributed by atoms with Crippen LogP contribution in [0.3, 0.4) is 0 Å². The van der Waals surface area contributed by atoms with Gasteiger partial charge in [-0.3, -0.25) is 4.79 Å². The number of carbonyl (C=O) groups is 1. The Morgan fingerprint density at radius 3 is 2.51 bits per heavy atom. The number of rotatable bonds is 11. The first-order valence-corrected chi connectivity index (χ1v) is 11.9. The van der Waals surface area contributed by atoms with E-state index in [2.05, 4.69) is 4.74 Å². The maximum atomic E-state index is 12.7. The lowest BCUT2D eigenvalue weighted by Crippen LogP contribution is -2.23. The normalized spacial score (nSPS) is 13.8. The van der Waals surface area contributed by atoms with Gasteiger partial charge in [0.2, 0.25) is 0 Å². The van der Waals surface area contributed by atoms with Crippen molar-refractivity contribution in [1.29, 1.82) is 0 Å². The van der Waals surface area contributed by atoms with Gasteiger partial charge in [0, 0.05) is 22.4 Å². The van der Waals surface area contributed by atoms with Crippen molar-refractivity contribution in [3.63, 3.8) is 0 Å². The quantitative estimate of drug-likeness (QED) is 0.329. The first-order valence-electron chi connectivity index (χ1n) is 11.1. The topological polar surface area (TPSA) is 76.0 Å². The van der Waals surface area contributed by atoms with E-state index in [1.165, 1.54) is 25.3 Å². The van der Waals surface area contributed by atoms with Crippen molar-refractivity contribution < 1.29 is 37.7 Å². The zero-order chi connectivity index (χ0) is 25.4. The van der Waals surface area contributed by atoms with Crippen LogP contribution >= 0.6 is 11.3 Å². The van der Waals surface area contributed by atoms with Crippen LogP contribution < -0.4 is 4.74 Å². The second-order valence-electron chi connectivity index (χ2n) is 7.94. The molecule has 35 heavy (non-hydrogen) atoms. The molecule has 0 aliphatic heterocycles. The molecule has 0 bridgehead atoms. The highest BCUT2D eigenvalue weighted by molar-refractivity contribution is 7.19. The van der Waals surface area contributed by atoms with Crippen molar-refractivity contribution >= 4 is 33.5 Å². The van der Waals surface area contributed by atoms with Gasteiger partial charge in [-0.25, -0.2) is 0 Å².